The van der Waals surface area contributed by atoms with Crippen molar-refractivity contribution in [3.63, 3.8) is 0 Å². The molecule has 0 bridgehead atoms. The first-order valence-corrected chi connectivity index (χ1v) is 6.92. The summed E-state index contributed by atoms with van der Waals surface area (Å²) in [5, 5.41) is 9.06. The summed E-state index contributed by atoms with van der Waals surface area (Å²) in [6.45, 7) is 4.31. The van der Waals surface area contributed by atoms with Gasteiger partial charge in [0.25, 0.3) is 0 Å². The van der Waals surface area contributed by atoms with Crippen LogP contribution >= 0.6 is 0 Å². The SMILES string of the molecule is Cc1cccc(CC(C)N)c1OCc1cccnc1C#N. The normalized spacial score (nSPS) is 11.7. The van der Waals surface area contributed by atoms with E-state index in [-0.39, 0.29) is 6.04 Å². The number of pyridine rings is 1. The second-order valence-electron chi connectivity index (χ2n) is 5.16. The van der Waals surface area contributed by atoms with Crippen LogP contribution in [0.5, 0.6) is 5.75 Å². The zero-order valence-electron chi connectivity index (χ0n) is 12.3. The summed E-state index contributed by atoms with van der Waals surface area (Å²) in [6.07, 6.45) is 2.37. The zero-order chi connectivity index (χ0) is 15.2. The highest BCUT2D eigenvalue weighted by Gasteiger charge is 2.10. The van der Waals surface area contributed by atoms with E-state index in [4.69, 9.17) is 15.7 Å². The first-order chi connectivity index (χ1) is 10.1. The van der Waals surface area contributed by atoms with Crippen molar-refractivity contribution in [3.8, 4) is 11.8 Å². The van der Waals surface area contributed by atoms with Gasteiger partial charge in [-0.15, -0.1) is 0 Å². The molecule has 0 radical (unpaired) electrons. The molecule has 108 valence electrons. The van der Waals surface area contributed by atoms with E-state index in [0.717, 1.165) is 28.9 Å². The first kappa shape index (κ1) is 15.0. The Balaban J connectivity index is 2.22. The van der Waals surface area contributed by atoms with Gasteiger partial charge in [0.2, 0.25) is 0 Å². The molecule has 2 N–H and O–H groups in total. The number of hydrogen-bond donors (Lipinski definition) is 1. The van der Waals surface area contributed by atoms with E-state index in [9.17, 15) is 0 Å². The summed E-state index contributed by atoms with van der Waals surface area (Å²) < 4.78 is 5.95. The summed E-state index contributed by atoms with van der Waals surface area (Å²) in [5.41, 5.74) is 9.23. The van der Waals surface area contributed by atoms with Crippen LogP contribution in [-0.2, 0) is 13.0 Å². The molecule has 4 nitrogen and oxygen atoms in total. The summed E-state index contributed by atoms with van der Waals surface area (Å²) in [7, 11) is 0. The third-order valence-corrected chi connectivity index (χ3v) is 3.20. The molecule has 1 aromatic carbocycles. The van der Waals surface area contributed by atoms with E-state index in [1.165, 1.54) is 0 Å². The highest BCUT2D eigenvalue weighted by atomic mass is 16.5. The number of aryl methyl sites for hydroxylation is 1. The predicted molar refractivity (Wildman–Crippen MR) is 81.8 cm³/mol. The van der Waals surface area contributed by atoms with Crippen LogP contribution in [0.15, 0.2) is 36.5 Å². The number of nitrogens with zero attached hydrogens (tertiary/aromatic N) is 2. The van der Waals surface area contributed by atoms with Crippen molar-refractivity contribution in [2.75, 3.05) is 0 Å². The van der Waals surface area contributed by atoms with Crippen LogP contribution in [0.25, 0.3) is 0 Å². The number of benzene rings is 1. The quantitative estimate of drug-likeness (QED) is 0.914. The average molecular weight is 281 g/mol. The van der Waals surface area contributed by atoms with Gasteiger partial charge in [0.15, 0.2) is 0 Å². The van der Waals surface area contributed by atoms with E-state index in [1.54, 1.807) is 12.3 Å². The fraction of sp³-hybridized carbons (Fsp3) is 0.294. The lowest BCUT2D eigenvalue weighted by Crippen LogP contribution is -2.18. The fourth-order valence-corrected chi connectivity index (χ4v) is 2.23. The highest BCUT2D eigenvalue weighted by Crippen LogP contribution is 2.25. The van der Waals surface area contributed by atoms with Crippen LogP contribution < -0.4 is 10.5 Å². The molecule has 0 aliphatic heterocycles. The smallest absolute Gasteiger partial charge is 0.147 e. The lowest BCUT2D eigenvalue weighted by atomic mass is 10.0. The second-order valence-corrected chi connectivity index (χ2v) is 5.16. The number of rotatable bonds is 5. The van der Waals surface area contributed by atoms with Gasteiger partial charge in [0.05, 0.1) is 0 Å². The second kappa shape index (κ2) is 6.87. The zero-order valence-corrected chi connectivity index (χ0v) is 12.3. The molecule has 0 aliphatic rings. The van der Waals surface area contributed by atoms with Gasteiger partial charge in [-0.3, -0.25) is 0 Å². The third kappa shape index (κ3) is 3.80. The first-order valence-electron chi connectivity index (χ1n) is 6.92. The van der Waals surface area contributed by atoms with Gasteiger partial charge < -0.3 is 10.5 Å². The van der Waals surface area contributed by atoms with Gasteiger partial charge in [-0.05, 0) is 37.5 Å². The number of nitrogens with two attached hydrogens (primary N) is 1. The van der Waals surface area contributed by atoms with Gasteiger partial charge in [0.1, 0.15) is 24.1 Å². The number of para-hydroxylation sites is 1. The fourth-order valence-electron chi connectivity index (χ4n) is 2.23. The van der Waals surface area contributed by atoms with Gasteiger partial charge >= 0.3 is 0 Å². The molecule has 2 aromatic rings. The van der Waals surface area contributed by atoms with Crippen molar-refractivity contribution in [1.82, 2.24) is 4.98 Å². The Morgan fingerprint density at radius 2 is 2.05 bits per heavy atom. The molecular weight excluding hydrogens is 262 g/mol. The van der Waals surface area contributed by atoms with Crippen molar-refractivity contribution < 1.29 is 4.74 Å². The predicted octanol–water partition coefficient (Wildman–Crippen LogP) is 2.73. The summed E-state index contributed by atoms with van der Waals surface area (Å²) in [6, 6.07) is 11.9. The van der Waals surface area contributed by atoms with E-state index >= 15 is 0 Å². The Morgan fingerprint density at radius 3 is 2.76 bits per heavy atom. The molecule has 4 heteroatoms. The molecule has 0 saturated heterocycles. The van der Waals surface area contributed by atoms with Crippen LogP contribution in [0.4, 0.5) is 0 Å². The molecular formula is C17H19N3O. The molecule has 0 fully saturated rings. The maximum atomic E-state index is 9.06. The van der Waals surface area contributed by atoms with E-state index in [0.29, 0.717) is 12.3 Å². The Hall–Kier alpha value is -2.38. The van der Waals surface area contributed by atoms with Gasteiger partial charge in [-0.1, -0.05) is 24.3 Å². The number of aromatic nitrogens is 1. The van der Waals surface area contributed by atoms with Crippen molar-refractivity contribution in [3.05, 3.63) is 58.9 Å². The van der Waals surface area contributed by atoms with E-state index in [1.807, 2.05) is 38.1 Å². The number of hydrogen-bond acceptors (Lipinski definition) is 4. The lowest BCUT2D eigenvalue weighted by molar-refractivity contribution is 0.299. The largest absolute Gasteiger partial charge is 0.488 e. The van der Waals surface area contributed by atoms with Crippen LogP contribution in [0.3, 0.4) is 0 Å². The van der Waals surface area contributed by atoms with Crippen molar-refractivity contribution in [2.45, 2.75) is 32.9 Å². The minimum Gasteiger partial charge on any atom is -0.488 e. The van der Waals surface area contributed by atoms with Crippen LogP contribution in [0, 0.1) is 18.3 Å². The molecule has 1 unspecified atom stereocenters. The Bertz CT molecular complexity index is 659. The minimum atomic E-state index is 0.0715. The van der Waals surface area contributed by atoms with E-state index < -0.39 is 0 Å². The Labute approximate surface area is 125 Å². The maximum Gasteiger partial charge on any atom is 0.147 e. The molecule has 21 heavy (non-hydrogen) atoms. The maximum absolute atomic E-state index is 9.06. The standard InChI is InChI=1S/C17H19N3O/c1-12-5-3-6-14(9-13(2)19)17(12)21-11-15-7-4-8-20-16(15)10-18/h3-8,13H,9,11,19H2,1-2H3. The summed E-state index contributed by atoms with van der Waals surface area (Å²) >= 11 is 0. The summed E-state index contributed by atoms with van der Waals surface area (Å²) in [4.78, 5) is 4.04. The Kier molecular flexibility index (Phi) is 4.91. The molecule has 1 atom stereocenters. The van der Waals surface area contributed by atoms with Gasteiger partial charge in [-0.25, -0.2) is 4.98 Å². The molecule has 0 saturated carbocycles. The van der Waals surface area contributed by atoms with Crippen molar-refractivity contribution >= 4 is 0 Å². The van der Waals surface area contributed by atoms with Gasteiger partial charge in [-0.2, -0.15) is 5.26 Å². The van der Waals surface area contributed by atoms with Crippen LogP contribution in [0.1, 0.15) is 29.3 Å². The molecule has 2 rings (SSSR count). The molecule has 0 aliphatic carbocycles. The number of nitriles is 1. The molecule has 0 spiro atoms. The molecule has 0 amide bonds. The molecule has 1 aromatic heterocycles. The Morgan fingerprint density at radius 1 is 1.29 bits per heavy atom. The van der Waals surface area contributed by atoms with Crippen molar-refractivity contribution in [1.29, 1.82) is 5.26 Å². The van der Waals surface area contributed by atoms with Crippen LogP contribution in [-0.4, -0.2) is 11.0 Å². The monoisotopic (exact) mass is 281 g/mol. The van der Waals surface area contributed by atoms with E-state index in [2.05, 4.69) is 11.1 Å². The van der Waals surface area contributed by atoms with Gasteiger partial charge in [0, 0.05) is 17.8 Å². The number of ether oxygens (including phenoxy) is 1. The molecule has 1 heterocycles. The van der Waals surface area contributed by atoms with Crippen LogP contribution in [0.2, 0.25) is 0 Å². The lowest BCUT2D eigenvalue weighted by Gasteiger charge is -2.15. The third-order valence-electron chi connectivity index (χ3n) is 3.20. The summed E-state index contributed by atoms with van der Waals surface area (Å²) in [5.74, 6) is 0.850. The topological polar surface area (TPSA) is 71.9 Å². The minimum absolute atomic E-state index is 0.0715. The van der Waals surface area contributed by atoms with Crippen molar-refractivity contribution in [2.24, 2.45) is 5.73 Å². The average Bonchev–Trinajstić information content (AvgIpc) is 2.46. The highest BCUT2D eigenvalue weighted by molar-refractivity contribution is 5.41.